The first-order valence-corrected chi connectivity index (χ1v) is 6.90. The highest BCUT2D eigenvalue weighted by molar-refractivity contribution is 5.73. The molecule has 0 aliphatic heterocycles. The van der Waals surface area contributed by atoms with Crippen LogP contribution < -0.4 is 4.74 Å². The lowest BCUT2D eigenvalue weighted by Crippen LogP contribution is -2.03. The van der Waals surface area contributed by atoms with Crippen LogP contribution in [0.1, 0.15) is 24.3 Å². The average molecular weight is 280 g/mol. The van der Waals surface area contributed by atoms with E-state index in [1.165, 1.54) is 0 Å². The molecule has 0 fully saturated rings. The molecular weight excluding hydrogens is 264 g/mol. The van der Waals surface area contributed by atoms with E-state index in [-0.39, 0.29) is 0 Å². The quantitative estimate of drug-likeness (QED) is 0.797. The third kappa shape index (κ3) is 2.85. The van der Waals surface area contributed by atoms with Crippen molar-refractivity contribution in [1.29, 1.82) is 0 Å². The first-order valence-electron chi connectivity index (χ1n) is 6.90. The van der Waals surface area contributed by atoms with Gasteiger partial charge in [-0.2, -0.15) is 0 Å². The summed E-state index contributed by atoms with van der Waals surface area (Å²) in [6.45, 7) is 2.56. The van der Waals surface area contributed by atoms with Gasteiger partial charge in [0.05, 0.1) is 29.5 Å². The molecule has 21 heavy (non-hydrogen) atoms. The number of ether oxygens (including phenoxy) is 1. The molecule has 1 heterocycles. The first kappa shape index (κ1) is 13.5. The highest BCUT2D eigenvalue weighted by atomic mass is 16.5. The van der Waals surface area contributed by atoms with E-state index in [9.17, 15) is 5.11 Å². The summed E-state index contributed by atoms with van der Waals surface area (Å²) in [5.74, 6) is 0.790. The lowest BCUT2D eigenvalue weighted by Gasteiger charge is -2.11. The fourth-order valence-electron chi connectivity index (χ4n) is 2.19. The van der Waals surface area contributed by atoms with Gasteiger partial charge in [0.15, 0.2) is 0 Å². The number of rotatable bonds is 4. The predicted molar refractivity (Wildman–Crippen MR) is 81.2 cm³/mol. The molecule has 0 radical (unpaired) electrons. The van der Waals surface area contributed by atoms with Gasteiger partial charge in [0, 0.05) is 0 Å². The molecule has 1 atom stereocenters. The van der Waals surface area contributed by atoms with Crippen molar-refractivity contribution >= 4 is 11.0 Å². The van der Waals surface area contributed by atoms with Gasteiger partial charge in [0.1, 0.15) is 11.9 Å². The molecule has 1 unspecified atom stereocenters. The first-order chi connectivity index (χ1) is 10.3. The molecule has 3 aromatic rings. The Bertz CT molecular complexity index is 741. The summed E-state index contributed by atoms with van der Waals surface area (Å²) in [4.78, 5) is 8.79. The minimum absolute atomic E-state index is 0.540. The van der Waals surface area contributed by atoms with E-state index in [2.05, 4.69) is 9.97 Å². The van der Waals surface area contributed by atoms with Crippen LogP contribution in [-0.4, -0.2) is 21.7 Å². The van der Waals surface area contributed by atoms with Crippen LogP contribution in [0.5, 0.6) is 5.75 Å². The minimum atomic E-state index is -0.794. The number of hydrogen-bond donors (Lipinski definition) is 1. The van der Waals surface area contributed by atoms with Gasteiger partial charge in [-0.05, 0) is 36.8 Å². The van der Waals surface area contributed by atoms with E-state index in [1.54, 1.807) is 6.20 Å². The summed E-state index contributed by atoms with van der Waals surface area (Å²) in [5.41, 5.74) is 2.90. The van der Waals surface area contributed by atoms with Gasteiger partial charge >= 0.3 is 0 Å². The highest BCUT2D eigenvalue weighted by Crippen LogP contribution is 2.23. The maximum absolute atomic E-state index is 10.4. The molecule has 1 N–H and O–H groups in total. The smallest absolute Gasteiger partial charge is 0.123 e. The third-order valence-electron chi connectivity index (χ3n) is 3.25. The third-order valence-corrected chi connectivity index (χ3v) is 3.25. The fourth-order valence-corrected chi connectivity index (χ4v) is 2.19. The number of fused-ring (bicyclic) bond motifs is 1. The zero-order chi connectivity index (χ0) is 14.7. The molecule has 0 spiro atoms. The Labute approximate surface area is 123 Å². The van der Waals surface area contributed by atoms with Gasteiger partial charge in [-0.1, -0.05) is 24.3 Å². The van der Waals surface area contributed by atoms with Gasteiger partial charge in [-0.3, -0.25) is 4.98 Å². The number of benzene rings is 2. The molecule has 0 bridgehead atoms. The molecule has 0 saturated carbocycles. The second-order valence-corrected chi connectivity index (χ2v) is 4.69. The van der Waals surface area contributed by atoms with Gasteiger partial charge in [-0.15, -0.1) is 0 Å². The second-order valence-electron chi connectivity index (χ2n) is 4.69. The number of nitrogens with zero attached hydrogens (tertiary/aromatic N) is 2. The Morgan fingerprint density at radius 2 is 1.76 bits per heavy atom. The van der Waals surface area contributed by atoms with Crippen LogP contribution in [0.15, 0.2) is 54.7 Å². The van der Waals surface area contributed by atoms with Gasteiger partial charge in [-0.25, -0.2) is 4.98 Å². The van der Waals surface area contributed by atoms with E-state index < -0.39 is 6.10 Å². The molecule has 4 heteroatoms. The highest BCUT2D eigenvalue weighted by Gasteiger charge is 2.13. The number of para-hydroxylation sites is 2. The normalized spacial score (nSPS) is 12.3. The molecule has 0 saturated heterocycles. The van der Waals surface area contributed by atoms with Crippen LogP contribution in [0.25, 0.3) is 11.0 Å². The average Bonchev–Trinajstić information content (AvgIpc) is 2.55. The van der Waals surface area contributed by atoms with Crippen molar-refractivity contribution in [2.24, 2.45) is 0 Å². The van der Waals surface area contributed by atoms with Crippen LogP contribution >= 0.6 is 0 Å². The molecule has 4 nitrogen and oxygen atoms in total. The van der Waals surface area contributed by atoms with Crippen molar-refractivity contribution < 1.29 is 9.84 Å². The van der Waals surface area contributed by atoms with Crippen molar-refractivity contribution in [3.8, 4) is 5.75 Å². The standard InChI is InChI=1S/C17H16N2O2/c1-2-21-13-9-7-12(8-10-13)17(20)16-11-18-14-5-3-4-6-15(14)19-16/h3-11,17,20H,2H2,1H3. The molecule has 0 aliphatic rings. The SMILES string of the molecule is CCOc1ccc(C(O)c2cnc3ccccc3n2)cc1. The van der Waals surface area contributed by atoms with E-state index in [0.29, 0.717) is 12.3 Å². The lowest BCUT2D eigenvalue weighted by atomic mass is 10.1. The van der Waals surface area contributed by atoms with Gasteiger partial charge < -0.3 is 9.84 Å². The van der Waals surface area contributed by atoms with Crippen molar-refractivity contribution in [3.63, 3.8) is 0 Å². The zero-order valence-corrected chi connectivity index (χ0v) is 11.7. The lowest BCUT2D eigenvalue weighted by molar-refractivity contribution is 0.215. The van der Waals surface area contributed by atoms with Gasteiger partial charge in [0.2, 0.25) is 0 Å². The van der Waals surface area contributed by atoms with E-state index >= 15 is 0 Å². The Morgan fingerprint density at radius 3 is 2.48 bits per heavy atom. The topological polar surface area (TPSA) is 55.2 Å². The predicted octanol–water partition coefficient (Wildman–Crippen LogP) is 3.11. The second kappa shape index (κ2) is 5.89. The Balaban J connectivity index is 1.90. The summed E-state index contributed by atoms with van der Waals surface area (Å²) in [5, 5.41) is 10.4. The summed E-state index contributed by atoms with van der Waals surface area (Å²) in [6.07, 6.45) is 0.821. The molecule has 1 aromatic heterocycles. The largest absolute Gasteiger partial charge is 0.494 e. The van der Waals surface area contributed by atoms with Crippen molar-refractivity contribution in [2.75, 3.05) is 6.61 Å². The minimum Gasteiger partial charge on any atom is -0.494 e. The maximum atomic E-state index is 10.4. The Morgan fingerprint density at radius 1 is 1.05 bits per heavy atom. The number of aromatic nitrogens is 2. The maximum Gasteiger partial charge on any atom is 0.123 e. The molecule has 106 valence electrons. The van der Waals surface area contributed by atoms with Crippen LogP contribution in [0.2, 0.25) is 0 Å². The molecular formula is C17H16N2O2. The van der Waals surface area contributed by atoms with Crippen LogP contribution in [0.4, 0.5) is 0 Å². The van der Waals surface area contributed by atoms with Crippen LogP contribution in [0.3, 0.4) is 0 Å². The van der Waals surface area contributed by atoms with E-state index in [0.717, 1.165) is 22.3 Å². The van der Waals surface area contributed by atoms with E-state index in [1.807, 2.05) is 55.5 Å². The number of aliphatic hydroxyl groups is 1. The summed E-state index contributed by atoms with van der Waals surface area (Å²) >= 11 is 0. The van der Waals surface area contributed by atoms with Crippen LogP contribution in [-0.2, 0) is 0 Å². The Hall–Kier alpha value is -2.46. The molecule has 0 aliphatic carbocycles. The molecule has 2 aromatic carbocycles. The van der Waals surface area contributed by atoms with E-state index in [4.69, 9.17) is 4.74 Å². The van der Waals surface area contributed by atoms with Crippen molar-refractivity contribution in [3.05, 3.63) is 66.0 Å². The van der Waals surface area contributed by atoms with Gasteiger partial charge in [0.25, 0.3) is 0 Å². The summed E-state index contributed by atoms with van der Waals surface area (Å²) < 4.78 is 5.39. The number of aliphatic hydroxyl groups excluding tert-OH is 1. The summed E-state index contributed by atoms with van der Waals surface area (Å²) in [6, 6.07) is 15.0. The molecule has 3 rings (SSSR count). The summed E-state index contributed by atoms with van der Waals surface area (Å²) in [7, 11) is 0. The number of hydrogen-bond acceptors (Lipinski definition) is 4. The fraction of sp³-hybridized carbons (Fsp3) is 0.176. The van der Waals surface area contributed by atoms with Crippen LogP contribution in [0, 0.1) is 0 Å². The van der Waals surface area contributed by atoms with Crippen molar-refractivity contribution in [2.45, 2.75) is 13.0 Å². The van der Waals surface area contributed by atoms with Crippen molar-refractivity contribution in [1.82, 2.24) is 9.97 Å². The Kier molecular flexibility index (Phi) is 3.79. The zero-order valence-electron chi connectivity index (χ0n) is 11.7. The molecule has 0 amide bonds. The monoisotopic (exact) mass is 280 g/mol.